The second-order valence-electron chi connectivity index (χ2n) is 6.88. The molecule has 0 fully saturated rings. The van der Waals surface area contributed by atoms with Gasteiger partial charge < -0.3 is 5.32 Å². The van der Waals surface area contributed by atoms with E-state index >= 15 is 0 Å². The smallest absolute Gasteiger partial charge is 0.126 e. The van der Waals surface area contributed by atoms with Gasteiger partial charge in [-0.05, 0) is 67.1 Å². The molecule has 2 unspecified atom stereocenters. The molecule has 2 atom stereocenters. The summed E-state index contributed by atoms with van der Waals surface area (Å²) in [7, 11) is 0. The number of halogens is 1. The number of nitrogens with one attached hydrogen (secondary N) is 1. The van der Waals surface area contributed by atoms with E-state index in [0.29, 0.717) is 17.0 Å². The van der Waals surface area contributed by atoms with Crippen LogP contribution < -0.4 is 5.32 Å². The Morgan fingerprint density at radius 1 is 1.20 bits per heavy atom. The fourth-order valence-corrected chi connectivity index (χ4v) is 3.13. The molecule has 25 heavy (non-hydrogen) atoms. The van der Waals surface area contributed by atoms with Crippen molar-refractivity contribution < 1.29 is 4.39 Å². The van der Waals surface area contributed by atoms with E-state index in [9.17, 15) is 4.39 Å². The molecule has 0 heterocycles. The van der Waals surface area contributed by atoms with Crippen LogP contribution in [0.25, 0.3) is 0 Å². The first kappa shape index (κ1) is 19.1. The number of hydrogen-bond donors (Lipinski definition) is 1. The fraction of sp³-hybridized carbons (Fsp3) is 0.409. The van der Waals surface area contributed by atoms with Crippen LogP contribution in [0.3, 0.4) is 0 Å². The minimum absolute atomic E-state index is 0.104. The zero-order valence-electron chi connectivity index (χ0n) is 15.3. The van der Waals surface area contributed by atoms with Crippen LogP contribution in [-0.2, 0) is 6.42 Å². The van der Waals surface area contributed by atoms with E-state index in [1.807, 2.05) is 36.4 Å². The average Bonchev–Trinajstić information content (AvgIpc) is 2.61. The summed E-state index contributed by atoms with van der Waals surface area (Å²) in [5.41, 5.74) is 3.54. The summed E-state index contributed by atoms with van der Waals surface area (Å²) in [6.45, 7) is 7.17. The van der Waals surface area contributed by atoms with E-state index in [-0.39, 0.29) is 11.9 Å². The quantitative estimate of drug-likeness (QED) is 0.707. The van der Waals surface area contributed by atoms with Crippen molar-refractivity contribution in [1.29, 1.82) is 5.26 Å². The van der Waals surface area contributed by atoms with Gasteiger partial charge in [-0.3, -0.25) is 0 Å². The van der Waals surface area contributed by atoms with E-state index in [4.69, 9.17) is 5.26 Å². The molecule has 0 aliphatic heterocycles. The molecule has 1 N–H and O–H groups in total. The second kappa shape index (κ2) is 9.34. The van der Waals surface area contributed by atoms with Crippen LogP contribution in [0.15, 0.2) is 42.5 Å². The summed E-state index contributed by atoms with van der Waals surface area (Å²) in [6, 6.07) is 15.3. The van der Waals surface area contributed by atoms with Gasteiger partial charge >= 0.3 is 0 Å². The number of rotatable bonds is 8. The van der Waals surface area contributed by atoms with Crippen molar-refractivity contribution >= 4 is 0 Å². The predicted molar refractivity (Wildman–Crippen MR) is 101 cm³/mol. The van der Waals surface area contributed by atoms with Gasteiger partial charge in [-0.15, -0.1) is 0 Å². The van der Waals surface area contributed by atoms with Gasteiger partial charge in [-0.2, -0.15) is 5.26 Å². The summed E-state index contributed by atoms with van der Waals surface area (Å²) in [4.78, 5) is 0. The van der Waals surface area contributed by atoms with Gasteiger partial charge in [0, 0.05) is 6.04 Å². The van der Waals surface area contributed by atoms with E-state index in [0.717, 1.165) is 24.1 Å². The van der Waals surface area contributed by atoms with Crippen LogP contribution in [0.2, 0.25) is 0 Å². The Labute approximate surface area is 150 Å². The van der Waals surface area contributed by atoms with Gasteiger partial charge in [0.2, 0.25) is 0 Å². The predicted octanol–water partition coefficient (Wildman–Crippen LogP) is 5.32. The Bertz CT molecular complexity index is 733. The minimum Gasteiger partial charge on any atom is -0.309 e. The van der Waals surface area contributed by atoms with Gasteiger partial charge in [0.15, 0.2) is 0 Å². The van der Waals surface area contributed by atoms with Crippen LogP contribution in [0, 0.1) is 30.0 Å². The fourth-order valence-electron chi connectivity index (χ4n) is 3.13. The van der Waals surface area contributed by atoms with Crippen LogP contribution in [0.5, 0.6) is 0 Å². The number of benzene rings is 2. The summed E-state index contributed by atoms with van der Waals surface area (Å²) in [6.07, 6.45) is 3.14. The van der Waals surface area contributed by atoms with E-state index in [2.05, 4.69) is 25.2 Å². The molecule has 0 bridgehead atoms. The third-order valence-corrected chi connectivity index (χ3v) is 4.57. The van der Waals surface area contributed by atoms with E-state index in [1.54, 1.807) is 13.0 Å². The first-order valence-corrected chi connectivity index (χ1v) is 9.02. The maximum Gasteiger partial charge on any atom is 0.126 e. The van der Waals surface area contributed by atoms with Crippen molar-refractivity contribution in [2.24, 2.45) is 5.92 Å². The number of nitriles is 1. The third kappa shape index (κ3) is 5.69. The van der Waals surface area contributed by atoms with Gasteiger partial charge in [-0.1, -0.05) is 44.5 Å². The summed E-state index contributed by atoms with van der Waals surface area (Å²) in [5, 5.41) is 12.8. The van der Waals surface area contributed by atoms with Gasteiger partial charge in [0.05, 0.1) is 11.6 Å². The Hall–Kier alpha value is -2.18. The Morgan fingerprint density at radius 3 is 2.68 bits per heavy atom. The molecule has 0 aromatic heterocycles. The minimum atomic E-state index is -0.173. The largest absolute Gasteiger partial charge is 0.309 e. The van der Waals surface area contributed by atoms with Gasteiger partial charge in [0.1, 0.15) is 5.82 Å². The molecule has 0 amide bonds. The van der Waals surface area contributed by atoms with Crippen molar-refractivity contribution in [2.75, 3.05) is 6.54 Å². The maximum absolute atomic E-state index is 13.6. The van der Waals surface area contributed by atoms with E-state index < -0.39 is 0 Å². The van der Waals surface area contributed by atoms with E-state index in [1.165, 1.54) is 12.8 Å². The lowest BCUT2D eigenvalue weighted by molar-refractivity contribution is 0.428. The Morgan fingerprint density at radius 2 is 2.00 bits per heavy atom. The van der Waals surface area contributed by atoms with Gasteiger partial charge in [-0.25, -0.2) is 4.39 Å². The Kier molecular flexibility index (Phi) is 7.16. The third-order valence-electron chi connectivity index (χ3n) is 4.57. The van der Waals surface area contributed by atoms with Crippen molar-refractivity contribution in [3.8, 4) is 6.07 Å². The molecule has 2 aromatic rings. The molecule has 0 saturated carbocycles. The summed E-state index contributed by atoms with van der Waals surface area (Å²) in [5.74, 6) is 0.424. The first-order valence-electron chi connectivity index (χ1n) is 9.02. The molecule has 2 aromatic carbocycles. The molecule has 0 aliphatic rings. The first-order chi connectivity index (χ1) is 12.0. The molecule has 0 saturated heterocycles. The molecule has 2 nitrogen and oxygen atoms in total. The number of nitrogens with zero attached hydrogens (tertiary/aromatic N) is 1. The number of hydrogen-bond acceptors (Lipinski definition) is 2. The van der Waals surface area contributed by atoms with Crippen molar-refractivity contribution in [3.05, 3.63) is 70.5 Å². The van der Waals surface area contributed by atoms with Crippen molar-refractivity contribution in [1.82, 2.24) is 5.32 Å². The lowest BCUT2D eigenvalue weighted by atomic mass is 9.95. The average molecular weight is 338 g/mol. The standard InChI is InChI=1S/C22H27FN2/c1-4-6-16(2)15-25-22(20-9-10-21(23)17(3)11-20)13-18-7-5-8-19(12-18)14-24/h5,7-12,16,22,25H,4,6,13,15H2,1-3H3. The normalized spacial score (nSPS) is 13.2. The maximum atomic E-state index is 13.6. The van der Waals surface area contributed by atoms with Crippen LogP contribution in [0.1, 0.15) is 55.0 Å². The summed E-state index contributed by atoms with van der Waals surface area (Å²) < 4.78 is 13.6. The summed E-state index contributed by atoms with van der Waals surface area (Å²) >= 11 is 0. The van der Waals surface area contributed by atoms with Crippen molar-refractivity contribution in [2.45, 2.75) is 46.1 Å². The Balaban J connectivity index is 2.21. The van der Waals surface area contributed by atoms with Crippen LogP contribution in [0.4, 0.5) is 4.39 Å². The number of aryl methyl sites for hydroxylation is 1. The highest BCUT2D eigenvalue weighted by Crippen LogP contribution is 2.22. The molecule has 0 aliphatic carbocycles. The topological polar surface area (TPSA) is 35.8 Å². The molecule has 132 valence electrons. The lowest BCUT2D eigenvalue weighted by Crippen LogP contribution is -2.28. The highest BCUT2D eigenvalue weighted by Gasteiger charge is 2.15. The molecular formula is C22H27FN2. The molecule has 2 rings (SSSR count). The lowest BCUT2D eigenvalue weighted by Gasteiger charge is -2.22. The van der Waals surface area contributed by atoms with Crippen LogP contribution >= 0.6 is 0 Å². The highest BCUT2D eigenvalue weighted by molar-refractivity contribution is 5.34. The second-order valence-corrected chi connectivity index (χ2v) is 6.88. The van der Waals surface area contributed by atoms with Gasteiger partial charge in [0.25, 0.3) is 0 Å². The molecule has 0 radical (unpaired) electrons. The molecule has 0 spiro atoms. The van der Waals surface area contributed by atoms with Crippen molar-refractivity contribution in [3.63, 3.8) is 0 Å². The zero-order valence-corrected chi connectivity index (χ0v) is 15.3. The zero-order chi connectivity index (χ0) is 18.2. The van der Waals surface area contributed by atoms with Crippen LogP contribution in [-0.4, -0.2) is 6.54 Å². The highest BCUT2D eigenvalue weighted by atomic mass is 19.1. The molecular weight excluding hydrogens is 311 g/mol. The SMILES string of the molecule is CCCC(C)CNC(Cc1cccc(C#N)c1)c1ccc(F)c(C)c1. The monoisotopic (exact) mass is 338 g/mol. The molecule has 3 heteroatoms.